The zero-order valence-electron chi connectivity index (χ0n) is 23.5. The fourth-order valence-corrected chi connectivity index (χ4v) is 6.36. The fourth-order valence-electron chi connectivity index (χ4n) is 5.68. The Labute approximate surface area is 248 Å². The molecule has 1 aliphatic rings. The van der Waals surface area contributed by atoms with Crippen LogP contribution in [0.15, 0.2) is 36.8 Å². The van der Waals surface area contributed by atoms with Gasteiger partial charge in [0, 0.05) is 66.2 Å². The number of anilines is 1. The average Bonchev–Trinajstić information content (AvgIpc) is 3.27. The van der Waals surface area contributed by atoms with Gasteiger partial charge in [0.15, 0.2) is 11.5 Å². The van der Waals surface area contributed by atoms with Crippen LogP contribution in [0.3, 0.4) is 0 Å². The van der Waals surface area contributed by atoms with Crippen molar-refractivity contribution < 1.29 is 14.6 Å². The fraction of sp³-hybridized carbons (Fsp3) is 0.379. The Bertz CT molecular complexity index is 1620. The molecule has 0 amide bonds. The Hall–Kier alpha value is -3.62. The van der Waals surface area contributed by atoms with E-state index < -0.39 is 6.10 Å². The predicted molar refractivity (Wildman–Crippen MR) is 159 cm³/mol. The van der Waals surface area contributed by atoms with Gasteiger partial charge < -0.3 is 24.4 Å². The second-order valence-electron chi connectivity index (χ2n) is 10.9. The molecular weight excluding hydrogens is 565 g/mol. The molecule has 1 aliphatic heterocycles. The lowest BCUT2D eigenvalue weighted by Crippen LogP contribution is -2.59. The zero-order valence-corrected chi connectivity index (χ0v) is 25.0. The minimum absolute atomic E-state index is 0.110. The zero-order chi connectivity index (χ0) is 29.5. The minimum atomic E-state index is -0.536. The third kappa shape index (κ3) is 5.38. The van der Waals surface area contributed by atoms with Gasteiger partial charge in [-0.05, 0) is 33.2 Å². The van der Waals surface area contributed by atoms with Crippen LogP contribution in [-0.4, -0.2) is 70.6 Å². The SMILES string of the molecule is COc1cc2c(cc1O[C@H](C)c1c(Cl)cncc1Cl)c(-c1ccnc(N3CC(C)(CN(C)C)C3)c1C#N)nn2CO. The topological polar surface area (TPSA) is 113 Å². The average molecular weight is 597 g/mol. The Balaban J connectivity index is 1.59. The molecule has 12 heteroatoms. The van der Waals surface area contributed by atoms with Crippen LogP contribution in [0.5, 0.6) is 11.5 Å². The molecule has 0 aliphatic carbocycles. The third-order valence-electron chi connectivity index (χ3n) is 7.21. The van der Waals surface area contributed by atoms with Gasteiger partial charge in [-0.25, -0.2) is 9.67 Å². The summed E-state index contributed by atoms with van der Waals surface area (Å²) in [5.74, 6) is 1.47. The number of rotatable bonds is 9. The molecule has 0 bridgehead atoms. The van der Waals surface area contributed by atoms with Crippen LogP contribution in [0, 0.1) is 16.7 Å². The van der Waals surface area contributed by atoms with E-state index in [9.17, 15) is 10.4 Å². The van der Waals surface area contributed by atoms with Gasteiger partial charge in [0.25, 0.3) is 0 Å². The molecule has 41 heavy (non-hydrogen) atoms. The van der Waals surface area contributed by atoms with E-state index in [1.54, 1.807) is 24.4 Å². The molecule has 0 unspecified atom stereocenters. The Morgan fingerprint density at radius 1 is 1.20 bits per heavy atom. The number of benzene rings is 1. The van der Waals surface area contributed by atoms with Gasteiger partial charge in [0.2, 0.25) is 0 Å². The molecule has 1 saturated heterocycles. The summed E-state index contributed by atoms with van der Waals surface area (Å²) >= 11 is 12.8. The summed E-state index contributed by atoms with van der Waals surface area (Å²) in [6.45, 7) is 6.21. The molecule has 5 rings (SSSR count). The summed E-state index contributed by atoms with van der Waals surface area (Å²) in [6, 6.07) is 7.67. The van der Waals surface area contributed by atoms with Crippen LogP contribution >= 0.6 is 23.2 Å². The monoisotopic (exact) mass is 595 g/mol. The van der Waals surface area contributed by atoms with Gasteiger partial charge >= 0.3 is 0 Å². The van der Waals surface area contributed by atoms with E-state index in [1.165, 1.54) is 24.2 Å². The first kappa shape index (κ1) is 28.9. The first-order valence-electron chi connectivity index (χ1n) is 13.0. The van der Waals surface area contributed by atoms with E-state index in [-0.39, 0.29) is 12.1 Å². The predicted octanol–water partition coefficient (Wildman–Crippen LogP) is 5.16. The van der Waals surface area contributed by atoms with Crippen molar-refractivity contribution in [1.29, 1.82) is 5.26 Å². The standard InChI is InChI=1S/C29H31Cl2N7O3/c1-17(26-21(30)11-33-12-22(26)31)41-25-8-19-23(9-24(25)40-5)38(16-39)35-27(19)18-6-7-34-28(20(18)10-32)37-14-29(2,15-37)13-36(3)4/h6-9,11-12,17,39H,13-16H2,1-5H3/t17-/m1/s1. The highest BCUT2D eigenvalue weighted by molar-refractivity contribution is 6.35. The summed E-state index contributed by atoms with van der Waals surface area (Å²) in [6.07, 6.45) is 4.18. The minimum Gasteiger partial charge on any atom is -0.493 e. The van der Waals surface area contributed by atoms with Crippen molar-refractivity contribution in [3.8, 4) is 28.8 Å². The number of aromatic nitrogens is 4. The molecule has 0 spiro atoms. The van der Waals surface area contributed by atoms with E-state index >= 15 is 0 Å². The Kier molecular flexibility index (Phi) is 7.99. The largest absolute Gasteiger partial charge is 0.493 e. The van der Waals surface area contributed by atoms with Crippen molar-refractivity contribution in [2.24, 2.45) is 5.41 Å². The van der Waals surface area contributed by atoms with Gasteiger partial charge in [-0.15, -0.1) is 0 Å². The number of aliphatic hydroxyl groups is 1. The molecule has 1 aromatic carbocycles. The van der Waals surface area contributed by atoms with Crippen molar-refractivity contribution >= 4 is 39.9 Å². The van der Waals surface area contributed by atoms with E-state index in [4.69, 9.17) is 32.7 Å². The summed E-state index contributed by atoms with van der Waals surface area (Å²) < 4.78 is 13.4. The first-order valence-corrected chi connectivity index (χ1v) is 13.8. The van der Waals surface area contributed by atoms with E-state index in [2.05, 4.69) is 52.0 Å². The third-order valence-corrected chi connectivity index (χ3v) is 7.81. The lowest BCUT2D eigenvalue weighted by molar-refractivity contribution is 0.170. The number of methoxy groups -OCH3 is 1. The molecule has 1 atom stereocenters. The van der Waals surface area contributed by atoms with Crippen molar-refractivity contribution in [1.82, 2.24) is 24.6 Å². The molecule has 4 heterocycles. The molecule has 3 aromatic heterocycles. The number of pyridine rings is 2. The van der Waals surface area contributed by atoms with Crippen LogP contribution in [-0.2, 0) is 6.73 Å². The first-order chi connectivity index (χ1) is 19.6. The molecule has 0 saturated carbocycles. The second-order valence-corrected chi connectivity index (χ2v) is 11.7. The van der Waals surface area contributed by atoms with Crippen LogP contribution in [0.4, 0.5) is 5.82 Å². The highest BCUT2D eigenvalue weighted by Gasteiger charge is 2.41. The number of fused-ring (bicyclic) bond motifs is 1. The van der Waals surface area contributed by atoms with E-state index in [0.717, 1.165) is 19.6 Å². The van der Waals surface area contributed by atoms with Crippen LogP contribution in [0.25, 0.3) is 22.2 Å². The maximum absolute atomic E-state index is 10.3. The Morgan fingerprint density at radius 3 is 2.51 bits per heavy atom. The number of hydrogen-bond donors (Lipinski definition) is 1. The van der Waals surface area contributed by atoms with Gasteiger partial charge in [-0.3, -0.25) is 4.98 Å². The summed E-state index contributed by atoms with van der Waals surface area (Å²) in [7, 11) is 5.65. The number of aliphatic hydroxyl groups excluding tert-OH is 1. The van der Waals surface area contributed by atoms with Crippen molar-refractivity contribution in [3.63, 3.8) is 0 Å². The second kappa shape index (κ2) is 11.3. The lowest BCUT2D eigenvalue weighted by Gasteiger charge is -2.50. The van der Waals surface area contributed by atoms with Gasteiger partial charge in [0.05, 0.1) is 22.7 Å². The van der Waals surface area contributed by atoms with Crippen LogP contribution in [0.1, 0.15) is 31.1 Å². The molecule has 214 valence electrons. The van der Waals surface area contributed by atoms with Crippen molar-refractivity contribution in [2.45, 2.75) is 26.7 Å². The number of halogens is 2. The molecule has 4 aromatic rings. The molecule has 10 nitrogen and oxygen atoms in total. The molecule has 0 radical (unpaired) electrons. The maximum Gasteiger partial charge on any atom is 0.162 e. The van der Waals surface area contributed by atoms with Gasteiger partial charge in [-0.1, -0.05) is 30.1 Å². The summed E-state index contributed by atoms with van der Waals surface area (Å²) in [5, 5.41) is 26.5. The van der Waals surface area contributed by atoms with Crippen LogP contribution < -0.4 is 14.4 Å². The summed E-state index contributed by atoms with van der Waals surface area (Å²) in [5.41, 5.74) is 2.87. The van der Waals surface area contributed by atoms with Crippen LogP contribution in [0.2, 0.25) is 10.0 Å². The quantitative estimate of drug-likeness (QED) is 0.280. The highest BCUT2D eigenvalue weighted by atomic mass is 35.5. The Morgan fingerprint density at radius 2 is 1.90 bits per heavy atom. The lowest BCUT2D eigenvalue weighted by atomic mass is 9.81. The smallest absolute Gasteiger partial charge is 0.162 e. The highest BCUT2D eigenvalue weighted by Crippen LogP contribution is 2.43. The molecule has 1 N–H and O–H groups in total. The molecule has 1 fully saturated rings. The maximum atomic E-state index is 10.3. The normalized spacial score (nSPS) is 15.1. The van der Waals surface area contributed by atoms with Crippen molar-refractivity contribution in [2.75, 3.05) is 45.7 Å². The van der Waals surface area contributed by atoms with E-state index in [1.807, 2.05) is 6.92 Å². The van der Waals surface area contributed by atoms with Crippen molar-refractivity contribution in [3.05, 3.63) is 58.0 Å². The number of nitrogens with zero attached hydrogens (tertiary/aromatic N) is 7. The number of ether oxygens (including phenoxy) is 2. The van der Waals surface area contributed by atoms with E-state index in [0.29, 0.717) is 60.6 Å². The number of nitriles is 1. The molecular formula is C29H31Cl2N7O3. The number of hydrogen-bond acceptors (Lipinski definition) is 9. The van der Waals surface area contributed by atoms with Gasteiger partial charge in [0.1, 0.15) is 36.0 Å². The summed E-state index contributed by atoms with van der Waals surface area (Å²) in [4.78, 5) is 12.9. The van der Waals surface area contributed by atoms with Gasteiger partial charge in [-0.2, -0.15) is 10.4 Å².